The normalized spacial score (nSPS) is 22.3. The molecule has 7 heteroatoms. The molecule has 2 unspecified atom stereocenters. The highest BCUT2D eigenvalue weighted by atomic mass is 127. The highest BCUT2D eigenvalue weighted by molar-refractivity contribution is 14.0. The highest BCUT2D eigenvalue weighted by Crippen LogP contribution is 2.32. The van der Waals surface area contributed by atoms with E-state index in [1.807, 2.05) is 31.2 Å². The van der Waals surface area contributed by atoms with Crippen LogP contribution in [0.25, 0.3) is 0 Å². The van der Waals surface area contributed by atoms with Gasteiger partial charge in [-0.25, -0.2) is 0 Å². The molecule has 0 saturated carbocycles. The van der Waals surface area contributed by atoms with Crippen LogP contribution in [0, 0.1) is 0 Å². The maximum absolute atomic E-state index is 5.95. The Balaban J connectivity index is 0.00000210. The molecule has 2 aromatic rings. The van der Waals surface area contributed by atoms with Gasteiger partial charge in [-0.05, 0) is 24.0 Å². The number of rotatable bonds is 3. The van der Waals surface area contributed by atoms with Crippen LogP contribution < -0.4 is 5.32 Å². The molecule has 0 bridgehead atoms. The molecular weight excluding hydrogens is 453 g/mol. The average Bonchev–Trinajstić information content (AvgIpc) is 3.29. The van der Waals surface area contributed by atoms with E-state index in [2.05, 4.69) is 44.6 Å². The molecule has 4 rings (SSSR count). The van der Waals surface area contributed by atoms with E-state index in [0.29, 0.717) is 12.5 Å². The van der Waals surface area contributed by atoms with Crippen LogP contribution in [0.2, 0.25) is 0 Å². The van der Waals surface area contributed by atoms with Gasteiger partial charge in [0.05, 0.1) is 19.3 Å². The lowest BCUT2D eigenvalue weighted by atomic mass is 10.0. The van der Waals surface area contributed by atoms with Crippen molar-refractivity contribution in [3.05, 3.63) is 53.3 Å². The predicted octanol–water partition coefficient (Wildman–Crippen LogP) is 2.72. The first-order valence-electron chi connectivity index (χ1n) is 9.38. The first-order chi connectivity index (χ1) is 12.7. The standard InChI is InChI=1S/C20H27N5O.HI/c1-21-20(22-11-16-8-7-15-5-3-4-6-18(15)16)25-9-10-26-19(14-25)17-12-23-24(2)13-17;/h3-6,12-13,16,19H,7-11,14H2,1-2H3,(H,21,22);1H. The summed E-state index contributed by atoms with van der Waals surface area (Å²) in [5.41, 5.74) is 4.11. The quantitative estimate of drug-likeness (QED) is 0.416. The van der Waals surface area contributed by atoms with Crippen LogP contribution >= 0.6 is 24.0 Å². The van der Waals surface area contributed by atoms with Crippen molar-refractivity contribution in [1.82, 2.24) is 20.0 Å². The molecule has 6 nitrogen and oxygen atoms in total. The largest absolute Gasteiger partial charge is 0.370 e. The van der Waals surface area contributed by atoms with Gasteiger partial charge in [0.25, 0.3) is 0 Å². The number of nitrogens with zero attached hydrogens (tertiary/aromatic N) is 4. The monoisotopic (exact) mass is 481 g/mol. The van der Waals surface area contributed by atoms with Gasteiger partial charge < -0.3 is 15.0 Å². The fraction of sp³-hybridized carbons (Fsp3) is 0.500. The van der Waals surface area contributed by atoms with Crippen molar-refractivity contribution < 1.29 is 4.74 Å². The van der Waals surface area contributed by atoms with Crippen molar-refractivity contribution in [2.24, 2.45) is 12.0 Å². The van der Waals surface area contributed by atoms with E-state index in [1.165, 1.54) is 24.0 Å². The molecule has 27 heavy (non-hydrogen) atoms. The molecule has 1 saturated heterocycles. The minimum atomic E-state index is 0. The minimum absolute atomic E-state index is 0. The number of halogens is 1. The Hall–Kier alpha value is -1.61. The van der Waals surface area contributed by atoms with Crippen LogP contribution in [0.1, 0.15) is 35.1 Å². The zero-order chi connectivity index (χ0) is 17.9. The van der Waals surface area contributed by atoms with Crippen LogP contribution in [-0.4, -0.2) is 53.9 Å². The van der Waals surface area contributed by atoms with Gasteiger partial charge in [-0.2, -0.15) is 5.10 Å². The van der Waals surface area contributed by atoms with Crippen LogP contribution in [0.3, 0.4) is 0 Å². The number of nitrogens with one attached hydrogen (secondary N) is 1. The lowest BCUT2D eigenvalue weighted by molar-refractivity contribution is -0.00803. The average molecular weight is 481 g/mol. The molecule has 2 atom stereocenters. The number of hydrogen-bond donors (Lipinski definition) is 1. The van der Waals surface area contributed by atoms with Crippen LogP contribution in [0.5, 0.6) is 0 Å². The van der Waals surface area contributed by atoms with Gasteiger partial charge in [-0.1, -0.05) is 24.3 Å². The molecule has 1 aromatic heterocycles. The third kappa shape index (κ3) is 4.45. The zero-order valence-electron chi connectivity index (χ0n) is 16.0. The van der Waals surface area contributed by atoms with Crippen molar-refractivity contribution in [3.8, 4) is 0 Å². The molecular formula is C20H28IN5O. The highest BCUT2D eigenvalue weighted by Gasteiger charge is 2.27. The molecule has 0 radical (unpaired) electrons. The first kappa shape index (κ1) is 20.1. The first-order valence-corrected chi connectivity index (χ1v) is 9.38. The summed E-state index contributed by atoms with van der Waals surface area (Å²) in [4.78, 5) is 6.81. The number of fused-ring (bicyclic) bond motifs is 1. The number of hydrogen-bond acceptors (Lipinski definition) is 3. The van der Waals surface area contributed by atoms with Gasteiger partial charge in [-0.3, -0.25) is 9.67 Å². The molecule has 1 aliphatic heterocycles. The van der Waals surface area contributed by atoms with E-state index in [9.17, 15) is 0 Å². The van der Waals surface area contributed by atoms with Crippen molar-refractivity contribution >= 4 is 29.9 Å². The van der Waals surface area contributed by atoms with Crippen LogP contribution in [-0.2, 0) is 18.2 Å². The van der Waals surface area contributed by atoms with Gasteiger partial charge in [-0.15, -0.1) is 24.0 Å². The molecule has 2 aliphatic rings. The van der Waals surface area contributed by atoms with Gasteiger partial charge in [0.15, 0.2) is 5.96 Å². The van der Waals surface area contributed by atoms with Gasteiger partial charge in [0.2, 0.25) is 0 Å². The van der Waals surface area contributed by atoms with Gasteiger partial charge in [0.1, 0.15) is 6.10 Å². The summed E-state index contributed by atoms with van der Waals surface area (Å²) in [5.74, 6) is 1.53. The molecule has 146 valence electrons. The SMILES string of the molecule is CN=C(NCC1CCc2ccccc21)N1CCOC(c2cnn(C)c2)C1.I. The van der Waals surface area contributed by atoms with E-state index >= 15 is 0 Å². The van der Waals surface area contributed by atoms with E-state index in [1.54, 1.807) is 0 Å². The van der Waals surface area contributed by atoms with Crippen molar-refractivity contribution in [1.29, 1.82) is 0 Å². The molecule has 0 spiro atoms. The number of ether oxygens (including phenoxy) is 1. The second-order valence-corrected chi connectivity index (χ2v) is 7.12. The van der Waals surface area contributed by atoms with E-state index in [-0.39, 0.29) is 30.1 Å². The van der Waals surface area contributed by atoms with Crippen molar-refractivity contribution in [2.45, 2.75) is 24.9 Å². The van der Waals surface area contributed by atoms with Crippen LogP contribution in [0.4, 0.5) is 0 Å². The fourth-order valence-corrected chi connectivity index (χ4v) is 4.05. The topological polar surface area (TPSA) is 54.7 Å². The van der Waals surface area contributed by atoms with Gasteiger partial charge >= 0.3 is 0 Å². The molecule has 0 amide bonds. The number of aromatic nitrogens is 2. The fourth-order valence-electron chi connectivity index (χ4n) is 4.05. The molecule has 2 heterocycles. The lowest BCUT2D eigenvalue weighted by Crippen LogP contribution is -2.48. The summed E-state index contributed by atoms with van der Waals surface area (Å²) in [5, 5.41) is 7.86. The Labute approximate surface area is 178 Å². The zero-order valence-corrected chi connectivity index (χ0v) is 18.3. The third-order valence-corrected chi connectivity index (χ3v) is 5.44. The second kappa shape index (κ2) is 9.05. The summed E-state index contributed by atoms with van der Waals surface area (Å²) in [6, 6.07) is 8.81. The maximum atomic E-state index is 5.95. The number of benzene rings is 1. The molecule has 1 aromatic carbocycles. The summed E-state index contributed by atoms with van der Waals surface area (Å²) >= 11 is 0. The third-order valence-electron chi connectivity index (χ3n) is 5.44. The predicted molar refractivity (Wildman–Crippen MR) is 118 cm³/mol. The van der Waals surface area contributed by atoms with E-state index in [4.69, 9.17) is 4.74 Å². The Morgan fingerprint density at radius 3 is 3.00 bits per heavy atom. The van der Waals surface area contributed by atoms with E-state index < -0.39 is 0 Å². The van der Waals surface area contributed by atoms with E-state index in [0.717, 1.165) is 31.2 Å². The smallest absolute Gasteiger partial charge is 0.193 e. The Kier molecular flexibility index (Phi) is 6.75. The Morgan fingerprint density at radius 2 is 2.22 bits per heavy atom. The van der Waals surface area contributed by atoms with Crippen molar-refractivity contribution in [2.75, 3.05) is 33.3 Å². The molecule has 1 aliphatic carbocycles. The maximum Gasteiger partial charge on any atom is 0.193 e. The number of aliphatic imine (C=N–C) groups is 1. The summed E-state index contributed by atoms with van der Waals surface area (Å²) < 4.78 is 7.77. The Morgan fingerprint density at radius 1 is 1.37 bits per heavy atom. The van der Waals surface area contributed by atoms with Crippen LogP contribution in [0.15, 0.2) is 41.7 Å². The lowest BCUT2D eigenvalue weighted by Gasteiger charge is -2.35. The number of morpholine rings is 1. The molecule has 1 fully saturated rings. The minimum Gasteiger partial charge on any atom is -0.370 e. The van der Waals surface area contributed by atoms with Crippen molar-refractivity contribution in [3.63, 3.8) is 0 Å². The number of guanidine groups is 1. The summed E-state index contributed by atoms with van der Waals surface area (Å²) in [6.45, 7) is 3.29. The summed E-state index contributed by atoms with van der Waals surface area (Å²) in [7, 11) is 3.80. The Bertz CT molecular complexity index is 790. The number of aryl methyl sites for hydroxylation is 2. The second-order valence-electron chi connectivity index (χ2n) is 7.12. The summed E-state index contributed by atoms with van der Waals surface area (Å²) in [6.07, 6.45) is 6.36. The van der Waals surface area contributed by atoms with Gasteiger partial charge in [0, 0.05) is 44.9 Å². The molecule has 1 N–H and O–H groups in total.